The molecule has 0 atom stereocenters. The number of methoxy groups -OCH3 is 1. The van der Waals surface area contributed by atoms with Gasteiger partial charge in [0.15, 0.2) is 0 Å². The maximum atomic E-state index is 12.9. The van der Waals surface area contributed by atoms with Crippen molar-refractivity contribution in [2.75, 3.05) is 19.6 Å². The molecule has 1 N–H and O–H groups in total. The number of ether oxygens (including phenoxy) is 1. The summed E-state index contributed by atoms with van der Waals surface area (Å²) in [4.78, 5) is 11.5. The number of carbonyl (C=O) groups excluding carboxylic acids is 1. The van der Waals surface area contributed by atoms with Gasteiger partial charge in [-0.1, -0.05) is 29.8 Å². The number of nitrogens with zero attached hydrogens (tertiary/aromatic N) is 3. The van der Waals surface area contributed by atoms with Crippen molar-refractivity contribution < 1.29 is 22.7 Å². The van der Waals surface area contributed by atoms with Crippen molar-refractivity contribution in [1.29, 1.82) is 0 Å². The molecule has 0 aliphatic rings. The van der Waals surface area contributed by atoms with Gasteiger partial charge in [0.25, 0.3) is 0 Å². The lowest BCUT2D eigenvalue weighted by atomic mass is 10.1. The fourth-order valence-corrected chi connectivity index (χ4v) is 2.55. The number of hydrogen-bond acceptors (Lipinski definition) is 5. The van der Waals surface area contributed by atoms with E-state index in [9.17, 15) is 18.0 Å². The van der Waals surface area contributed by atoms with Crippen molar-refractivity contribution in [2.24, 2.45) is 10.2 Å². The third kappa shape index (κ3) is 5.96. The van der Waals surface area contributed by atoms with Gasteiger partial charge < -0.3 is 4.74 Å². The summed E-state index contributed by atoms with van der Waals surface area (Å²) >= 11 is 6.15. The molecule has 30 heavy (non-hydrogen) atoms. The number of carbonyl (C=O) groups is 1. The standard InChI is InChI=1S/C20H20ClF3N4O2/c1-12(14-6-5-7-16(10-14)20(22,23)24)25-26-13(2)15-8-9-17(21)18(11-15)27-28(3)19(29)30-4/h5-11,27H,1-4H3/b25-12+,26-13+. The smallest absolute Gasteiger partial charge is 0.428 e. The Kier molecular flexibility index (Phi) is 7.44. The number of hydrogen-bond donors (Lipinski definition) is 1. The maximum Gasteiger partial charge on any atom is 0.428 e. The lowest BCUT2D eigenvalue weighted by molar-refractivity contribution is -0.137. The molecular weight excluding hydrogens is 421 g/mol. The lowest BCUT2D eigenvalue weighted by Crippen LogP contribution is -2.32. The maximum absolute atomic E-state index is 12.9. The van der Waals surface area contributed by atoms with E-state index < -0.39 is 17.8 Å². The Labute approximate surface area is 177 Å². The first-order chi connectivity index (χ1) is 14.0. The molecule has 0 heterocycles. The highest BCUT2D eigenvalue weighted by atomic mass is 35.5. The van der Waals surface area contributed by atoms with Crippen LogP contribution >= 0.6 is 11.6 Å². The number of amides is 1. The van der Waals surface area contributed by atoms with Gasteiger partial charge in [-0.05, 0) is 49.2 Å². The SMILES string of the molecule is COC(=O)N(C)Nc1cc(/C(C)=N/N=C(\C)c2cccc(C(F)(F)F)c2)ccc1Cl. The van der Waals surface area contributed by atoms with E-state index in [0.717, 1.165) is 17.1 Å². The largest absolute Gasteiger partial charge is 0.452 e. The van der Waals surface area contributed by atoms with Crippen LogP contribution in [0.4, 0.5) is 23.7 Å². The molecule has 0 aromatic heterocycles. The highest BCUT2D eigenvalue weighted by Gasteiger charge is 2.30. The molecule has 6 nitrogen and oxygen atoms in total. The van der Waals surface area contributed by atoms with E-state index in [4.69, 9.17) is 11.6 Å². The number of anilines is 1. The number of alkyl halides is 3. The molecule has 2 aromatic rings. The molecule has 0 fully saturated rings. The van der Waals surface area contributed by atoms with Crippen LogP contribution in [-0.4, -0.2) is 36.7 Å². The Balaban J connectivity index is 2.26. The first kappa shape index (κ1) is 23.2. The summed E-state index contributed by atoms with van der Waals surface area (Å²) in [6, 6.07) is 9.87. The zero-order valence-corrected chi connectivity index (χ0v) is 17.5. The van der Waals surface area contributed by atoms with Crippen LogP contribution in [0, 0.1) is 0 Å². The van der Waals surface area contributed by atoms with Gasteiger partial charge in [0.1, 0.15) is 0 Å². The highest BCUT2D eigenvalue weighted by Crippen LogP contribution is 2.29. The van der Waals surface area contributed by atoms with Gasteiger partial charge in [-0.3, -0.25) is 5.43 Å². The molecule has 0 spiro atoms. The van der Waals surface area contributed by atoms with Crippen LogP contribution in [0.15, 0.2) is 52.7 Å². The Morgan fingerprint density at radius 2 is 1.67 bits per heavy atom. The molecule has 0 saturated carbocycles. The second-order valence-electron chi connectivity index (χ2n) is 6.28. The number of nitrogens with one attached hydrogen (secondary N) is 1. The van der Waals surface area contributed by atoms with Crippen LogP contribution in [0.25, 0.3) is 0 Å². The monoisotopic (exact) mass is 440 g/mol. The number of benzene rings is 2. The minimum Gasteiger partial charge on any atom is -0.452 e. The van der Waals surface area contributed by atoms with E-state index in [-0.39, 0.29) is 0 Å². The molecule has 1 amide bonds. The molecule has 10 heteroatoms. The molecule has 0 saturated heterocycles. The van der Waals surface area contributed by atoms with Crippen LogP contribution < -0.4 is 5.43 Å². The summed E-state index contributed by atoms with van der Waals surface area (Å²) in [5.41, 5.74) is 4.29. The molecule has 0 unspecified atom stereocenters. The van der Waals surface area contributed by atoms with Gasteiger partial charge >= 0.3 is 12.3 Å². The zero-order valence-electron chi connectivity index (χ0n) is 16.7. The highest BCUT2D eigenvalue weighted by molar-refractivity contribution is 6.33. The minimum absolute atomic E-state index is 0.319. The third-order valence-electron chi connectivity index (χ3n) is 4.08. The second-order valence-corrected chi connectivity index (χ2v) is 6.69. The van der Waals surface area contributed by atoms with E-state index in [1.54, 1.807) is 32.0 Å². The predicted octanol–water partition coefficient (Wildman–Crippen LogP) is 5.62. The average Bonchev–Trinajstić information content (AvgIpc) is 2.72. The topological polar surface area (TPSA) is 66.3 Å². The van der Waals surface area contributed by atoms with Crippen LogP contribution in [0.1, 0.15) is 30.5 Å². The minimum atomic E-state index is -4.43. The van der Waals surface area contributed by atoms with Gasteiger partial charge in [-0.15, -0.1) is 0 Å². The Hall–Kier alpha value is -3.07. The van der Waals surface area contributed by atoms with Crippen molar-refractivity contribution in [3.8, 4) is 0 Å². The summed E-state index contributed by atoms with van der Waals surface area (Å²) in [7, 11) is 2.72. The molecule has 0 bridgehead atoms. The Morgan fingerprint density at radius 3 is 2.23 bits per heavy atom. The van der Waals surface area contributed by atoms with Crippen molar-refractivity contribution >= 4 is 34.8 Å². The predicted molar refractivity (Wildman–Crippen MR) is 111 cm³/mol. The summed E-state index contributed by atoms with van der Waals surface area (Å²) in [5, 5.41) is 9.64. The van der Waals surface area contributed by atoms with E-state index in [1.807, 2.05) is 0 Å². The van der Waals surface area contributed by atoms with Crippen molar-refractivity contribution in [3.63, 3.8) is 0 Å². The third-order valence-corrected chi connectivity index (χ3v) is 4.41. The van der Waals surface area contributed by atoms with Gasteiger partial charge in [-0.25, -0.2) is 9.80 Å². The van der Waals surface area contributed by atoms with E-state index >= 15 is 0 Å². The first-order valence-electron chi connectivity index (χ1n) is 8.67. The van der Waals surface area contributed by atoms with Crippen LogP contribution in [0.3, 0.4) is 0 Å². The zero-order chi connectivity index (χ0) is 22.5. The number of halogens is 4. The fraction of sp³-hybridized carbons (Fsp3) is 0.250. The second kappa shape index (κ2) is 9.62. The summed E-state index contributed by atoms with van der Waals surface area (Å²) in [5.74, 6) is 0. The Morgan fingerprint density at radius 1 is 1.07 bits per heavy atom. The molecular formula is C20H20ClF3N4O2. The summed E-state index contributed by atoms with van der Waals surface area (Å²) in [6.07, 6.45) is -5.04. The van der Waals surface area contributed by atoms with E-state index in [1.165, 1.54) is 26.3 Å². The van der Waals surface area contributed by atoms with Crippen molar-refractivity contribution in [2.45, 2.75) is 20.0 Å². The molecule has 0 aliphatic carbocycles. The quantitative estimate of drug-likeness (QED) is 0.485. The number of rotatable bonds is 5. The van der Waals surface area contributed by atoms with E-state index in [2.05, 4.69) is 20.4 Å². The number of hydrazine groups is 1. The molecule has 0 radical (unpaired) electrons. The molecule has 2 rings (SSSR count). The first-order valence-corrected chi connectivity index (χ1v) is 9.05. The van der Waals surface area contributed by atoms with Crippen molar-refractivity contribution in [1.82, 2.24) is 5.01 Å². The fourth-order valence-electron chi connectivity index (χ4n) is 2.39. The van der Waals surface area contributed by atoms with Gasteiger partial charge in [0.2, 0.25) is 0 Å². The van der Waals surface area contributed by atoms with E-state index in [0.29, 0.717) is 33.3 Å². The van der Waals surface area contributed by atoms with Gasteiger partial charge in [0, 0.05) is 7.05 Å². The van der Waals surface area contributed by atoms with Crippen LogP contribution in [0.5, 0.6) is 0 Å². The van der Waals surface area contributed by atoms with Gasteiger partial charge in [0.05, 0.1) is 34.8 Å². The summed E-state index contributed by atoms with van der Waals surface area (Å²) < 4.78 is 43.3. The molecule has 2 aromatic carbocycles. The average molecular weight is 441 g/mol. The molecule has 0 aliphatic heterocycles. The molecule has 160 valence electrons. The van der Waals surface area contributed by atoms with Crippen molar-refractivity contribution in [3.05, 3.63) is 64.2 Å². The summed E-state index contributed by atoms with van der Waals surface area (Å²) in [6.45, 7) is 3.27. The Bertz CT molecular complexity index is 990. The van der Waals surface area contributed by atoms with Crippen LogP contribution in [0.2, 0.25) is 5.02 Å². The lowest BCUT2D eigenvalue weighted by Gasteiger charge is -2.19. The normalized spacial score (nSPS) is 12.5. The van der Waals surface area contributed by atoms with Crippen LogP contribution in [-0.2, 0) is 10.9 Å². The van der Waals surface area contributed by atoms with Gasteiger partial charge in [-0.2, -0.15) is 23.4 Å².